The van der Waals surface area contributed by atoms with Gasteiger partial charge in [-0.05, 0) is 48.4 Å². The smallest absolute Gasteiger partial charge is 0.161 e. The Kier molecular flexibility index (Phi) is 4.10. The summed E-state index contributed by atoms with van der Waals surface area (Å²) in [5, 5.41) is 0. The minimum absolute atomic E-state index is 0.331. The molecule has 118 valence electrons. The number of allylic oxidation sites excluding steroid dienone is 1. The van der Waals surface area contributed by atoms with E-state index in [0.717, 1.165) is 49.2 Å². The number of hydrogen-bond donors (Lipinski definition) is 0. The second-order valence-corrected chi connectivity index (χ2v) is 6.00. The van der Waals surface area contributed by atoms with Crippen molar-refractivity contribution in [3.05, 3.63) is 35.0 Å². The van der Waals surface area contributed by atoms with E-state index in [0.29, 0.717) is 12.0 Å². The highest BCUT2D eigenvalue weighted by Crippen LogP contribution is 2.44. The molecular weight excluding hydrogens is 278 g/mol. The van der Waals surface area contributed by atoms with Gasteiger partial charge in [-0.25, -0.2) is 0 Å². The minimum atomic E-state index is 0.331. The molecular formula is C18H23NO3. The first kappa shape index (κ1) is 14.9. The Morgan fingerprint density at radius 1 is 1.27 bits per heavy atom. The lowest BCUT2D eigenvalue weighted by molar-refractivity contribution is -0.105. The van der Waals surface area contributed by atoms with E-state index in [4.69, 9.17) is 9.47 Å². The summed E-state index contributed by atoms with van der Waals surface area (Å²) in [5.41, 5.74) is 3.57. The van der Waals surface area contributed by atoms with Crippen molar-refractivity contribution in [2.24, 2.45) is 5.92 Å². The zero-order chi connectivity index (χ0) is 15.7. The van der Waals surface area contributed by atoms with Crippen molar-refractivity contribution in [2.75, 3.05) is 20.8 Å². The largest absolute Gasteiger partial charge is 0.493 e. The summed E-state index contributed by atoms with van der Waals surface area (Å²) in [6.07, 6.45) is 6.04. The highest BCUT2D eigenvalue weighted by molar-refractivity contribution is 5.74. The van der Waals surface area contributed by atoms with Gasteiger partial charge < -0.3 is 14.4 Å². The molecule has 0 amide bonds. The third-order valence-electron chi connectivity index (χ3n) is 4.97. The Balaban J connectivity index is 2.03. The summed E-state index contributed by atoms with van der Waals surface area (Å²) < 4.78 is 10.9. The van der Waals surface area contributed by atoms with Gasteiger partial charge in [0, 0.05) is 18.3 Å². The van der Waals surface area contributed by atoms with E-state index < -0.39 is 0 Å². The van der Waals surface area contributed by atoms with Gasteiger partial charge in [0.05, 0.1) is 20.3 Å². The van der Waals surface area contributed by atoms with E-state index in [9.17, 15) is 4.79 Å². The van der Waals surface area contributed by atoms with Crippen molar-refractivity contribution in [3.8, 4) is 11.5 Å². The fourth-order valence-electron chi connectivity index (χ4n) is 3.70. The number of benzene rings is 1. The first-order valence-electron chi connectivity index (χ1n) is 7.89. The van der Waals surface area contributed by atoms with E-state index in [1.54, 1.807) is 14.2 Å². The molecule has 0 spiro atoms. The van der Waals surface area contributed by atoms with E-state index in [-0.39, 0.29) is 0 Å². The molecule has 4 heteroatoms. The average molecular weight is 301 g/mol. The average Bonchev–Trinajstić information content (AvgIpc) is 2.58. The summed E-state index contributed by atoms with van der Waals surface area (Å²) in [4.78, 5) is 13.6. The van der Waals surface area contributed by atoms with Gasteiger partial charge in [-0.3, -0.25) is 4.79 Å². The monoisotopic (exact) mass is 301 g/mol. The van der Waals surface area contributed by atoms with Crippen LogP contribution in [0.2, 0.25) is 0 Å². The van der Waals surface area contributed by atoms with E-state index >= 15 is 0 Å². The Labute approximate surface area is 131 Å². The van der Waals surface area contributed by atoms with Crippen LogP contribution in [0.5, 0.6) is 11.5 Å². The molecule has 0 saturated carbocycles. The molecule has 0 bridgehead atoms. The Bertz CT molecular complexity index is 609. The van der Waals surface area contributed by atoms with Gasteiger partial charge >= 0.3 is 0 Å². The van der Waals surface area contributed by atoms with Crippen molar-refractivity contribution < 1.29 is 14.3 Å². The third-order valence-corrected chi connectivity index (χ3v) is 4.97. The Morgan fingerprint density at radius 3 is 2.64 bits per heavy atom. The molecule has 4 nitrogen and oxygen atoms in total. The number of carbonyl (C=O) groups is 1. The standard InChI is InChI=1S/C18H23NO3/c1-4-12-7-16-15-9-18(22-3)17(21-2)8-13(15)5-6-19(16)10-14(12)11-20/h8-12,16H,4-7H2,1-3H3/t12-,16+/m1/s1. The van der Waals surface area contributed by atoms with E-state index in [1.165, 1.54) is 11.1 Å². The number of aldehydes is 1. The van der Waals surface area contributed by atoms with Crippen molar-refractivity contribution in [2.45, 2.75) is 32.2 Å². The number of ether oxygens (including phenoxy) is 2. The summed E-state index contributed by atoms with van der Waals surface area (Å²) >= 11 is 0. The van der Waals surface area contributed by atoms with Crippen molar-refractivity contribution in [3.63, 3.8) is 0 Å². The molecule has 1 aromatic carbocycles. The van der Waals surface area contributed by atoms with Crippen molar-refractivity contribution in [1.82, 2.24) is 4.90 Å². The van der Waals surface area contributed by atoms with Gasteiger partial charge in [0.15, 0.2) is 11.5 Å². The van der Waals surface area contributed by atoms with Crippen molar-refractivity contribution in [1.29, 1.82) is 0 Å². The van der Waals surface area contributed by atoms with Crippen LogP contribution in [0.4, 0.5) is 0 Å². The molecule has 0 saturated heterocycles. The van der Waals surface area contributed by atoms with Crippen LogP contribution in [0.15, 0.2) is 23.9 Å². The van der Waals surface area contributed by atoms with Gasteiger partial charge in [-0.2, -0.15) is 0 Å². The third kappa shape index (κ3) is 2.36. The number of carbonyl (C=O) groups excluding carboxylic acids is 1. The number of methoxy groups -OCH3 is 2. The molecule has 1 aromatic rings. The van der Waals surface area contributed by atoms with E-state index in [1.807, 2.05) is 0 Å². The van der Waals surface area contributed by atoms with Crippen molar-refractivity contribution >= 4 is 6.29 Å². The fourth-order valence-corrected chi connectivity index (χ4v) is 3.70. The molecule has 0 aromatic heterocycles. The maximum Gasteiger partial charge on any atom is 0.161 e. The lowest BCUT2D eigenvalue weighted by Gasteiger charge is -2.42. The lowest BCUT2D eigenvalue weighted by Crippen LogP contribution is -2.36. The van der Waals surface area contributed by atoms with Crippen LogP contribution in [0.3, 0.4) is 0 Å². The number of nitrogens with zero attached hydrogens (tertiary/aromatic N) is 1. The number of fused-ring (bicyclic) bond motifs is 3. The molecule has 0 radical (unpaired) electrons. The van der Waals surface area contributed by atoms with Gasteiger partial charge in [0.1, 0.15) is 6.29 Å². The second-order valence-electron chi connectivity index (χ2n) is 6.00. The van der Waals surface area contributed by atoms with Crippen LogP contribution in [0.25, 0.3) is 0 Å². The molecule has 0 unspecified atom stereocenters. The molecule has 2 heterocycles. The second kappa shape index (κ2) is 6.03. The quantitative estimate of drug-likeness (QED) is 0.801. The molecule has 3 rings (SSSR count). The highest BCUT2D eigenvalue weighted by atomic mass is 16.5. The highest BCUT2D eigenvalue weighted by Gasteiger charge is 2.33. The normalized spacial score (nSPS) is 23.2. The SMILES string of the molecule is CC[C@@H]1C[C@H]2c3cc(OC)c(OC)cc3CCN2C=C1C=O. The predicted molar refractivity (Wildman–Crippen MR) is 85.2 cm³/mol. The maximum atomic E-state index is 11.3. The fraction of sp³-hybridized carbons (Fsp3) is 0.500. The zero-order valence-electron chi connectivity index (χ0n) is 13.5. The molecule has 22 heavy (non-hydrogen) atoms. The van der Waals surface area contributed by atoms with Crippen LogP contribution < -0.4 is 9.47 Å². The summed E-state index contributed by atoms with van der Waals surface area (Å²) in [5.74, 6) is 1.92. The number of hydrogen-bond acceptors (Lipinski definition) is 4. The molecule has 0 aliphatic carbocycles. The zero-order valence-corrected chi connectivity index (χ0v) is 13.5. The van der Waals surface area contributed by atoms with E-state index in [2.05, 4.69) is 30.2 Å². The first-order valence-corrected chi connectivity index (χ1v) is 7.89. The van der Waals surface area contributed by atoms with Gasteiger partial charge in [0.25, 0.3) is 0 Å². The summed E-state index contributed by atoms with van der Waals surface area (Å²) in [6.45, 7) is 3.09. The molecule has 2 aliphatic rings. The predicted octanol–water partition coefficient (Wildman–Crippen LogP) is 3.12. The molecule has 2 atom stereocenters. The first-order chi connectivity index (χ1) is 10.7. The summed E-state index contributed by atoms with van der Waals surface area (Å²) in [6, 6.07) is 4.54. The van der Waals surface area contributed by atoms with Crippen LogP contribution >= 0.6 is 0 Å². The topological polar surface area (TPSA) is 38.8 Å². The lowest BCUT2D eigenvalue weighted by atomic mass is 9.80. The van der Waals surface area contributed by atoms with Crippen LogP contribution in [0, 0.1) is 5.92 Å². The molecule has 2 aliphatic heterocycles. The maximum absolute atomic E-state index is 11.3. The minimum Gasteiger partial charge on any atom is -0.493 e. The van der Waals surface area contributed by atoms with Gasteiger partial charge in [-0.1, -0.05) is 6.92 Å². The van der Waals surface area contributed by atoms with Gasteiger partial charge in [-0.15, -0.1) is 0 Å². The molecule has 0 N–H and O–H groups in total. The van der Waals surface area contributed by atoms with Gasteiger partial charge in [0.2, 0.25) is 0 Å². The Hall–Kier alpha value is -1.97. The van der Waals surface area contributed by atoms with Crippen LogP contribution in [-0.4, -0.2) is 32.0 Å². The molecule has 0 fully saturated rings. The number of rotatable bonds is 4. The Morgan fingerprint density at radius 2 is 2.00 bits per heavy atom. The summed E-state index contributed by atoms with van der Waals surface area (Å²) in [7, 11) is 3.34. The van der Waals surface area contributed by atoms with Crippen LogP contribution in [-0.2, 0) is 11.2 Å². The van der Waals surface area contributed by atoms with Crippen LogP contribution in [0.1, 0.15) is 36.9 Å².